The van der Waals surface area contributed by atoms with E-state index in [-0.39, 0.29) is 0 Å². The molecule has 1 nitrogen and oxygen atoms in total. The van der Waals surface area contributed by atoms with Crippen LogP contribution in [0, 0.1) is 0 Å². The van der Waals surface area contributed by atoms with Crippen LogP contribution in [0.3, 0.4) is 0 Å². The van der Waals surface area contributed by atoms with Crippen LogP contribution in [-0.4, -0.2) is 24.7 Å². The quantitative estimate of drug-likeness (QED) is 0.608. The summed E-state index contributed by atoms with van der Waals surface area (Å²) in [4.78, 5) is 0. The zero-order valence-corrected chi connectivity index (χ0v) is 10.1. The van der Waals surface area contributed by atoms with Crippen LogP contribution < -0.4 is 0 Å². The Kier molecular flexibility index (Phi) is 8.71. The molecule has 0 bridgehead atoms. The van der Waals surface area contributed by atoms with Gasteiger partial charge in [0.2, 0.25) is 0 Å². The summed E-state index contributed by atoms with van der Waals surface area (Å²) in [6.07, 6.45) is 11.2. The van der Waals surface area contributed by atoms with Crippen LogP contribution in [0.5, 0.6) is 0 Å². The fraction of sp³-hybridized carbons (Fsp3) is 1.00. The van der Waals surface area contributed by atoms with Crippen molar-refractivity contribution in [1.29, 1.82) is 0 Å². The van der Waals surface area contributed by atoms with Gasteiger partial charge >= 0.3 is 0 Å². The molecule has 2 rings (SSSR count). The van der Waals surface area contributed by atoms with Crippen molar-refractivity contribution in [2.24, 2.45) is 0 Å². The van der Waals surface area contributed by atoms with Gasteiger partial charge in [0.15, 0.2) is 0 Å². The summed E-state index contributed by atoms with van der Waals surface area (Å²) < 4.78 is 5.19. The molecule has 2 aliphatic heterocycles. The molecule has 2 heterocycles. The molecular formula is C12H24OS. The zero-order valence-electron chi connectivity index (χ0n) is 9.30. The molecule has 0 aromatic carbocycles. The first-order valence-corrected chi connectivity index (χ1v) is 7.31. The van der Waals surface area contributed by atoms with E-state index in [0.717, 1.165) is 13.2 Å². The van der Waals surface area contributed by atoms with Crippen molar-refractivity contribution in [3.05, 3.63) is 0 Å². The van der Waals surface area contributed by atoms with Crippen molar-refractivity contribution in [3.8, 4) is 0 Å². The highest BCUT2D eigenvalue weighted by Crippen LogP contribution is 2.15. The lowest BCUT2D eigenvalue weighted by atomic mass is 10.2. The van der Waals surface area contributed by atoms with Gasteiger partial charge in [-0.3, -0.25) is 0 Å². The predicted octanol–water partition coefficient (Wildman–Crippen LogP) is 3.87. The molecule has 2 saturated heterocycles. The molecule has 0 N–H and O–H groups in total. The molecule has 0 aliphatic carbocycles. The van der Waals surface area contributed by atoms with Crippen molar-refractivity contribution in [2.75, 3.05) is 24.7 Å². The maximum atomic E-state index is 5.19. The molecule has 0 aromatic rings. The monoisotopic (exact) mass is 216 g/mol. The van der Waals surface area contributed by atoms with Crippen LogP contribution in [-0.2, 0) is 4.74 Å². The second-order valence-electron chi connectivity index (χ2n) is 4.05. The molecule has 0 atom stereocenters. The number of thioether (sulfide) groups is 1. The summed E-state index contributed by atoms with van der Waals surface area (Å²) in [5.41, 5.74) is 0. The van der Waals surface area contributed by atoms with E-state index in [0.29, 0.717) is 0 Å². The fourth-order valence-corrected chi connectivity index (χ4v) is 2.75. The first-order chi connectivity index (χ1) is 7.00. The lowest BCUT2D eigenvalue weighted by Crippen LogP contribution is -1.89. The molecule has 0 unspecified atom stereocenters. The molecule has 0 spiro atoms. The fourth-order valence-electron chi connectivity index (χ4n) is 1.73. The van der Waals surface area contributed by atoms with Gasteiger partial charge < -0.3 is 4.74 Å². The van der Waals surface area contributed by atoms with Crippen molar-refractivity contribution < 1.29 is 4.74 Å². The first-order valence-electron chi connectivity index (χ1n) is 6.15. The highest BCUT2D eigenvalue weighted by molar-refractivity contribution is 7.99. The van der Waals surface area contributed by atoms with Crippen molar-refractivity contribution >= 4 is 11.8 Å². The minimum atomic E-state index is 1.00. The Labute approximate surface area is 93.0 Å². The SMILES string of the molecule is C1CCCOCC1.C1CCCSCC1. The van der Waals surface area contributed by atoms with E-state index in [1.54, 1.807) is 0 Å². The number of ether oxygens (including phenoxy) is 1. The normalized spacial score (nSPS) is 24.0. The van der Waals surface area contributed by atoms with E-state index in [1.807, 2.05) is 0 Å². The largest absolute Gasteiger partial charge is 0.381 e. The lowest BCUT2D eigenvalue weighted by molar-refractivity contribution is 0.144. The van der Waals surface area contributed by atoms with Gasteiger partial charge in [-0.25, -0.2) is 0 Å². The predicted molar refractivity (Wildman–Crippen MR) is 65.1 cm³/mol. The van der Waals surface area contributed by atoms with E-state index in [2.05, 4.69) is 11.8 Å². The third-order valence-electron chi connectivity index (χ3n) is 2.65. The summed E-state index contributed by atoms with van der Waals surface area (Å²) in [7, 11) is 0. The van der Waals surface area contributed by atoms with Crippen LogP contribution in [0.1, 0.15) is 51.4 Å². The molecule has 14 heavy (non-hydrogen) atoms. The number of hydrogen-bond acceptors (Lipinski definition) is 2. The van der Waals surface area contributed by atoms with Gasteiger partial charge in [0.05, 0.1) is 0 Å². The highest BCUT2D eigenvalue weighted by Gasteiger charge is 1.96. The van der Waals surface area contributed by atoms with E-state index < -0.39 is 0 Å². The van der Waals surface area contributed by atoms with Gasteiger partial charge in [0, 0.05) is 13.2 Å². The summed E-state index contributed by atoms with van der Waals surface area (Å²) in [6, 6.07) is 0. The topological polar surface area (TPSA) is 9.23 Å². The van der Waals surface area contributed by atoms with Gasteiger partial charge in [0.25, 0.3) is 0 Å². The zero-order chi connectivity index (χ0) is 9.90. The van der Waals surface area contributed by atoms with E-state index >= 15 is 0 Å². The lowest BCUT2D eigenvalue weighted by Gasteiger charge is -1.91. The Hall–Kier alpha value is 0.310. The van der Waals surface area contributed by atoms with Crippen molar-refractivity contribution in [1.82, 2.24) is 0 Å². The Balaban J connectivity index is 0.000000140. The van der Waals surface area contributed by atoms with E-state index in [1.165, 1.54) is 62.9 Å². The molecule has 2 aliphatic rings. The molecule has 84 valence electrons. The Bertz CT molecular complexity index is 63.6. The van der Waals surface area contributed by atoms with E-state index in [4.69, 9.17) is 4.74 Å². The smallest absolute Gasteiger partial charge is 0.0466 e. The Morgan fingerprint density at radius 2 is 1.07 bits per heavy atom. The molecule has 2 heteroatoms. The molecule has 0 amide bonds. The van der Waals surface area contributed by atoms with E-state index in [9.17, 15) is 0 Å². The van der Waals surface area contributed by atoms with Crippen molar-refractivity contribution in [2.45, 2.75) is 51.4 Å². The number of rotatable bonds is 0. The third-order valence-corrected chi connectivity index (χ3v) is 3.81. The molecule has 0 radical (unpaired) electrons. The molecular weight excluding hydrogens is 192 g/mol. The minimum Gasteiger partial charge on any atom is -0.381 e. The maximum Gasteiger partial charge on any atom is 0.0466 e. The van der Waals surface area contributed by atoms with Crippen LogP contribution in [0.15, 0.2) is 0 Å². The van der Waals surface area contributed by atoms with Crippen LogP contribution in [0.2, 0.25) is 0 Å². The van der Waals surface area contributed by atoms with Gasteiger partial charge in [0.1, 0.15) is 0 Å². The first kappa shape index (κ1) is 12.4. The van der Waals surface area contributed by atoms with Crippen LogP contribution >= 0.6 is 11.8 Å². The Morgan fingerprint density at radius 3 is 1.64 bits per heavy atom. The molecule has 0 saturated carbocycles. The van der Waals surface area contributed by atoms with Gasteiger partial charge in [-0.05, 0) is 37.2 Å². The maximum absolute atomic E-state index is 5.19. The van der Waals surface area contributed by atoms with Crippen LogP contribution in [0.25, 0.3) is 0 Å². The second kappa shape index (κ2) is 9.85. The number of hydrogen-bond donors (Lipinski definition) is 0. The van der Waals surface area contributed by atoms with Gasteiger partial charge in [-0.2, -0.15) is 11.8 Å². The van der Waals surface area contributed by atoms with Gasteiger partial charge in [-0.15, -0.1) is 0 Å². The van der Waals surface area contributed by atoms with Crippen LogP contribution in [0.4, 0.5) is 0 Å². The van der Waals surface area contributed by atoms with Gasteiger partial charge in [-0.1, -0.05) is 25.7 Å². The Morgan fingerprint density at radius 1 is 0.571 bits per heavy atom. The minimum absolute atomic E-state index is 1.00. The highest BCUT2D eigenvalue weighted by atomic mass is 32.2. The molecule has 2 fully saturated rings. The summed E-state index contributed by atoms with van der Waals surface area (Å²) >= 11 is 2.12. The second-order valence-corrected chi connectivity index (χ2v) is 5.28. The van der Waals surface area contributed by atoms with Crippen molar-refractivity contribution in [3.63, 3.8) is 0 Å². The standard InChI is InChI=1S/C6H12O.C6H12S/c2*1-2-4-6-7-5-3-1/h2*1-6H2. The summed E-state index contributed by atoms with van der Waals surface area (Å²) in [5, 5.41) is 0. The molecule has 0 aromatic heterocycles. The average Bonchev–Trinajstić information content (AvgIpc) is 2.68. The summed E-state index contributed by atoms with van der Waals surface area (Å²) in [5.74, 6) is 2.83. The summed E-state index contributed by atoms with van der Waals surface area (Å²) in [6.45, 7) is 2.00. The third kappa shape index (κ3) is 7.69. The average molecular weight is 216 g/mol.